The molecule has 301 valence electrons. The molecule has 10 heteroatoms. The minimum atomic E-state index is -4.04. The third-order valence-electron chi connectivity index (χ3n) is 12.9. The highest BCUT2D eigenvalue weighted by Crippen LogP contribution is 2.44. The summed E-state index contributed by atoms with van der Waals surface area (Å²) in [5.74, 6) is 0.0503. The van der Waals surface area contributed by atoms with Crippen LogP contribution in [0.25, 0.3) is 34.4 Å². The summed E-state index contributed by atoms with van der Waals surface area (Å²) < 4.78 is 32.1. The Morgan fingerprint density at radius 3 is 1.81 bits per heavy atom. The second-order valence-corrected chi connectivity index (χ2v) is 18.2. The van der Waals surface area contributed by atoms with E-state index >= 15 is 0 Å². The summed E-state index contributed by atoms with van der Waals surface area (Å²) in [5, 5.41) is 39.2. The van der Waals surface area contributed by atoms with Crippen LogP contribution >= 0.6 is 0 Å². The molecule has 4 aromatic rings. The summed E-state index contributed by atoms with van der Waals surface area (Å²) >= 11 is 0. The molecule has 1 radical (unpaired) electrons. The Labute approximate surface area is 344 Å². The van der Waals surface area contributed by atoms with E-state index in [1.165, 1.54) is 0 Å². The molecule has 2 aromatic carbocycles. The van der Waals surface area contributed by atoms with Gasteiger partial charge in [-0.3, -0.25) is 9.97 Å². The molecule has 0 bridgehead atoms. The van der Waals surface area contributed by atoms with Crippen LogP contribution in [0.2, 0.25) is 0 Å². The Hall–Kier alpha value is -4.97. The average Bonchev–Trinajstić information content (AvgIpc) is 3.24. The second kappa shape index (κ2) is 19.2. The van der Waals surface area contributed by atoms with Crippen LogP contribution < -0.4 is 4.72 Å². The molecule has 2 aliphatic carbocycles. The van der Waals surface area contributed by atoms with Gasteiger partial charge in [0.2, 0.25) is 10.0 Å². The molecule has 0 spiro atoms. The van der Waals surface area contributed by atoms with Gasteiger partial charge >= 0.3 is 0 Å². The molecule has 3 N–H and O–H groups in total. The molecule has 0 saturated heterocycles. The number of benzene rings is 2. The van der Waals surface area contributed by atoms with E-state index in [-0.39, 0.29) is 42.1 Å². The molecule has 6 rings (SSSR count). The van der Waals surface area contributed by atoms with Crippen molar-refractivity contribution in [3.63, 3.8) is 0 Å². The molecular formula is C48H54N5O4S. The predicted molar refractivity (Wildman–Crippen MR) is 229 cm³/mol. The van der Waals surface area contributed by atoms with Crippen LogP contribution in [-0.2, 0) is 10.0 Å². The van der Waals surface area contributed by atoms with E-state index in [9.17, 15) is 29.2 Å². The third kappa shape index (κ3) is 9.49. The SMILES string of the molecule is C[C@H]1[C@H](/C=C/c2ccc(-c3ccccc3C#N)cn2)[C@H]([C@@H](CO)S(=O)(=O)N[C@@H]2C[C@H](C)[C@@H](C)[C@H](/C=C/c3ccc(-c4ccccc4C#N)cn3)[C@@H]2CCO)[CH]C[C@@H]1C. The first-order valence-corrected chi connectivity index (χ1v) is 21.9. The van der Waals surface area contributed by atoms with Crippen molar-refractivity contribution in [3.05, 3.63) is 126 Å². The van der Waals surface area contributed by atoms with Gasteiger partial charge in [-0.2, -0.15) is 10.5 Å². The molecule has 2 aromatic heterocycles. The van der Waals surface area contributed by atoms with Crippen molar-refractivity contribution in [2.75, 3.05) is 13.2 Å². The molecule has 2 saturated carbocycles. The van der Waals surface area contributed by atoms with Gasteiger partial charge in [-0.15, -0.1) is 0 Å². The van der Waals surface area contributed by atoms with Gasteiger partial charge in [0.15, 0.2) is 0 Å². The fourth-order valence-corrected chi connectivity index (χ4v) is 10.9. The number of nitrogens with one attached hydrogen (secondary N) is 1. The number of allylic oxidation sites excluding steroid dienone is 2. The standard InChI is InChI=1S/C48H54N5O4S/c1-31-13-20-46(42(33(31)3)22-19-40-17-15-38(29-52-40)44-12-8-6-10-36(44)27-50)48(30-55)58(56,57)53-47-25-32(2)34(4)41(45(47)23-24-54)21-18-39-16-14-37(28-51-39)43-11-7-5-9-35(43)26-49/h5-12,14-22,28-29,31-34,41-42,45-48,53-55H,13,23-25,30H2,1-4H3/b21-18+,22-19+/t31-,32-,33+,34+,41-,42-,45-,46+,47+,48+/m0/s1. The number of pyridine rings is 2. The lowest BCUT2D eigenvalue weighted by Crippen LogP contribution is -2.54. The van der Waals surface area contributed by atoms with Gasteiger partial charge < -0.3 is 10.2 Å². The zero-order chi connectivity index (χ0) is 41.4. The number of nitriles is 2. The van der Waals surface area contributed by atoms with E-state index in [2.05, 4.69) is 67.0 Å². The average molecular weight is 797 g/mol. The maximum absolute atomic E-state index is 14.5. The monoisotopic (exact) mass is 796 g/mol. The van der Waals surface area contributed by atoms with Crippen LogP contribution in [0.1, 0.15) is 69.5 Å². The molecule has 0 aliphatic heterocycles. The van der Waals surface area contributed by atoms with Gasteiger partial charge in [0, 0.05) is 47.3 Å². The van der Waals surface area contributed by atoms with Crippen LogP contribution in [0, 0.1) is 76.4 Å². The van der Waals surface area contributed by atoms with E-state index in [1.54, 1.807) is 24.5 Å². The summed E-state index contributed by atoms with van der Waals surface area (Å²) in [5.41, 5.74) is 5.94. The second-order valence-electron chi connectivity index (χ2n) is 16.3. The molecule has 2 fully saturated rings. The Kier molecular flexibility index (Phi) is 14.1. The first-order valence-electron chi connectivity index (χ1n) is 20.3. The number of nitrogens with zero attached hydrogens (tertiary/aromatic N) is 4. The van der Waals surface area contributed by atoms with Crippen molar-refractivity contribution in [3.8, 4) is 34.4 Å². The number of aliphatic hydroxyl groups excluding tert-OH is 2. The lowest BCUT2D eigenvalue weighted by molar-refractivity contribution is 0.0925. The number of sulfonamides is 1. The lowest BCUT2D eigenvalue weighted by atomic mass is 9.64. The molecule has 9 nitrogen and oxygen atoms in total. The molecule has 58 heavy (non-hydrogen) atoms. The van der Waals surface area contributed by atoms with Crippen LogP contribution in [0.3, 0.4) is 0 Å². The molecular weight excluding hydrogens is 743 g/mol. The fourth-order valence-electron chi connectivity index (χ4n) is 9.14. The summed E-state index contributed by atoms with van der Waals surface area (Å²) in [6.45, 7) is 8.04. The quantitative estimate of drug-likeness (QED) is 0.122. The Balaban J connectivity index is 1.21. The van der Waals surface area contributed by atoms with E-state index in [1.807, 2.05) is 78.9 Å². The van der Waals surface area contributed by atoms with Crippen LogP contribution in [0.4, 0.5) is 0 Å². The summed E-state index contributed by atoms with van der Waals surface area (Å²) in [4.78, 5) is 9.31. The number of aromatic nitrogens is 2. The van der Waals surface area contributed by atoms with E-state index < -0.39 is 33.8 Å². The predicted octanol–water partition coefficient (Wildman–Crippen LogP) is 8.33. The molecule has 0 amide bonds. The number of hydrogen-bond donors (Lipinski definition) is 3. The van der Waals surface area contributed by atoms with Crippen molar-refractivity contribution < 1.29 is 18.6 Å². The minimum absolute atomic E-state index is 0.0398. The van der Waals surface area contributed by atoms with Crippen LogP contribution in [0.15, 0.2) is 97.3 Å². The topological polar surface area (TPSA) is 160 Å². The van der Waals surface area contributed by atoms with Crippen LogP contribution in [-0.4, -0.2) is 53.1 Å². The highest BCUT2D eigenvalue weighted by atomic mass is 32.2. The van der Waals surface area contributed by atoms with Crippen molar-refractivity contribution in [2.45, 2.75) is 58.2 Å². The fraction of sp³-hybridized carbons (Fsp3) is 0.396. The molecule has 2 aliphatic rings. The first kappa shape index (κ1) is 42.6. The lowest BCUT2D eigenvalue weighted by Gasteiger charge is -2.46. The highest BCUT2D eigenvalue weighted by Gasteiger charge is 2.46. The largest absolute Gasteiger partial charge is 0.396 e. The summed E-state index contributed by atoms with van der Waals surface area (Å²) in [6.07, 6.45) is 15.4. The highest BCUT2D eigenvalue weighted by molar-refractivity contribution is 7.90. The van der Waals surface area contributed by atoms with Gasteiger partial charge in [-0.05, 0) is 109 Å². The van der Waals surface area contributed by atoms with Gasteiger partial charge in [0.1, 0.15) is 5.25 Å². The van der Waals surface area contributed by atoms with Gasteiger partial charge in [-0.1, -0.05) is 88.4 Å². The summed E-state index contributed by atoms with van der Waals surface area (Å²) in [7, 11) is -4.04. The smallest absolute Gasteiger partial charge is 0.217 e. The number of hydrogen-bond acceptors (Lipinski definition) is 8. The maximum atomic E-state index is 14.5. The Morgan fingerprint density at radius 2 is 1.31 bits per heavy atom. The maximum Gasteiger partial charge on any atom is 0.217 e. The Bertz CT molecular complexity index is 2260. The van der Waals surface area contributed by atoms with Crippen molar-refractivity contribution in [1.82, 2.24) is 14.7 Å². The molecule has 2 heterocycles. The minimum Gasteiger partial charge on any atom is -0.396 e. The van der Waals surface area contributed by atoms with E-state index in [0.29, 0.717) is 29.9 Å². The van der Waals surface area contributed by atoms with Gasteiger partial charge in [0.05, 0.1) is 41.3 Å². The van der Waals surface area contributed by atoms with Crippen molar-refractivity contribution in [2.24, 2.45) is 47.3 Å². The van der Waals surface area contributed by atoms with Crippen molar-refractivity contribution in [1.29, 1.82) is 10.5 Å². The van der Waals surface area contributed by atoms with E-state index in [0.717, 1.165) is 40.1 Å². The van der Waals surface area contributed by atoms with Gasteiger partial charge in [-0.25, -0.2) is 13.1 Å². The Morgan fingerprint density at radius 1 is 0.776 bits per heavy atom. The normalized spacial score (nSPS) is 26.9. The van der Waals surface area contributed by atoms with Crippen LogP contribution in [0.5, 0.6) is 0 Å². The van der Waals surface area contributed by atoms with Crippen molar-refractivity contribution >= 4 is 22.2 Å². The van der Waals surface area contributed by atoms with E-state index in [4.69, 9.17) is 0 Å². The number of aliphatic hydroxyl groups is 2. The van der Waals surface area contributed by atoms with Gasteiger partial charge in [0.25, 0.3) is 0 Å². The first-order chi connectivity index (χ1) is 28.0. The zero-order valence-electron chi connectivity index (χ0n) is 33.7. The molecule has 0 unspecified atom stereocenters. The summed E-state index contributed by atoms with van der Waals surface area (Å²) in [6, 6.07) is 26.6. The zero-order valence-corrected chi connectivity index (χ0v) is 34.5. The third-order valence-corrected chi connectivity index (χ3v) is 14.8. The molecule has 10 atom stereocenters. The number of rotatable bonds is 13.